The van der Waals surface area contributed by atoms with Crippen LogP contribution in [0.15, 0.2) is 47.5 Å². The summed E-state index contributed by atoms with van der Waals surface area (Å²) in [6.07, 6.45) is 0.824. The number of aliphatic imine (C=N–C) groups is 1. The second-order valence-electron chi connectivity index (χ2n) is 6.23. The molecule has 0 aromatic heterocycles. The van der Waals surface area contributed by atoms with E-state index < -0.39 is 0 Å². The Balaban J connectivity index is 1.80. The molecule has 0 radical (unpaired) electrons. The Hall–Kier alpha value is -2.56. The summed E-state index contributed by atoms with van der Waals surface area (Å²) in [5.74, 6) is 0.573. The summed E-state index contributed by atoms with van der Waals surface area (Å²) >= 11 is 0. The number of nitrogens with zero attached hydrogens (tertiary/aromatic N) is 2. The fourth-order valence-corrected chi connectivity index (χ4v) is 2.57. The van der Waals surface area contributed by atoms with Crippen LogP contribution in [-0.2, 0) is 13.0 Å². The third-order valence-electron chi connectivity index (χ3n) is 4.13. The molecule has 0 atom stereocenters. The molecule has 2 rings (SSSR count). The van der Waals surface area contributed by atoms with Gasteiger partial charge in [-0.3, -0.25) is 4.99 Å². The molecule has 2 N–H and O–H groups in total. The average Bonchev–Trinajstić information content (AvgIpc) is 2.60. The summed E-state index contributed by atoms with van der Waals surface area (Å²) in [5.41, 5.74) is 4.50. The van der Waals surface area contributed by atoms with Gasteiger partial charge in [0.1, 0.15) is 5.82 Å². The normalized spacial score (nSPS) is 11.3. The Kier molecular flexibility index (Phi) is 6.81. The van der Waals surface area contributed by atoms with Crippen LogP contribution in [-0.4, -0.2) is 33.6 Å². The van der Waals surface area contributed by atoms with E-state index in [0.29, 0.717) is 6.54 Å². The molecular weight excluding hydrogens is 315 g/mol. The minimum atomic E-state index is -0.188. The molecule has 134 valence electrons. The van der Waals surface area contributed by atoms with Crippen LogP contribution in [0.1, 0.15) is 16.7 Å². The van der Waals surface area contributed by atoms with Gasteiger partial charge in [-0.05, 0) is 54.3 Å². The van der Waals surface area contributed by atoms with Crippen molar-refractivity contribution in [2.75, 3.05) is 32.6 Å². The minimum absolute atomic E-state index is 0.188. The molecule has 0 aliphatic rings. The van der Waals surface area contributed by atoms with Crippen LogP contribution < -0.4 is 15.5 Å². The standard InChI is InChI=1S/C20H27FN4/c1-15-13-18(21)8-7-17(15)11-12-23-20(22-2)24-14-16-5-9-19(10-6-16)25(3)4/h5-10,13H,11-12,14H2,1-4H3,(H2,22,23,24). The van der Waals surface area contributed by atoms with Crippen molar-refractivity contribution in [1.82, 2.24) is 10.6 Å². The van der Waals surface area contributed by atoms with Gasteiger partial charge in [0.15, 0.2) is 5.96 Å². The first kappa shape index (κ1) is 18.8. The van der Waals surface area contributed by atoms with E-state index in [2.05, 4.69) is 44.8 Å². The lowest BCUT2D eigenvalue weighted by atomic mass is 10.1. The highest BCUT2D eigenvalue weighted by Gasteiger charge is 2.02. The lowest BCUT2D eigenvalue weighted by molar-refractivity contribution is 0.625. The van der Waals surface area contributed by atoms with Gasteiger partial charge in [-0.15, -0.1) is 0 Å². The number of benzene rings is 2. The molecule has 0 heterocycles. The van der Waals surface area contributed by atoms with Gasteiger partial charge in [0, 0.05) is 39.9 Å². The second-order valence-corrected chi connectivity index (χ2v) is 6.23. The molecule has 0 fully saturated rings. The Labute approximate surface area is 149 Å². The van der Waals surface area contributed by atoms with E-state index in [-0.39, 0.29) is 5.82 Å². The maximum atomic E-state index is 13.1. The molecule has 25 heavy (non-hydrogen) atoms. The largest absolute Gasteiger partial charge is 0.378 e. The lowest BCUT2D eigenvalue weighted by Gasteiger charge is -2.14. The van der Waals surface area contributed by atoms with Crippen LogP contribution in [0.2, 0.25) is 0 Å². The topological polar surface area (TPSA) is 39.7 Å². The molecule has 0 unspecified atom stereocenters. The number of guanidine groups is 1. The molecule has 0 bridgehead atoms. The van der Waals surface area contributed by atoms with Gasteiger partial charge in [-0.25, -0.2) is 4.39 Å². The fraction of sp³-hybridized carbons (Fsp3) is 0.350. The van der Waals surface area contributed by atoms with E-state index >= 15 is 0 Å². The Morgan fingerprint density at radius 3 is 2.40 bits per heavy atom. The minimum Gasteiger partial charge on any atom is -0.378 e. The molecule has 0 aliphatic heterocycles. The number of hydrogen-bond donors (Lipinski definition) is 2. The summed E-state index contributed by atoms with van der Waals surface area (Å²) in [6.45, 7) is 3.39. The van der Waals surface area contributed by atoms with E-state index in [9.17, 15) is 4.39 Å². The average molecular weight is 342 g/mol. The zero-order chi connectivity index (χ0) is 18.2. The predicted octanol–water partition coefficient (Wildman–Crippen LogP) is 3.11. The van der Waals surface area contributed by atoms with Gasteiger partial charge < -0.3 is 15.5 Å². The molecule has 0 spiro atoms. The molecular formula is C20H27FN4. The van der Waals surface area contributed by atoms with Crippen LogP contribution in [0.3, 0.4) is 0 Å². The molecule has 0 saturated carbocycles. The van der Waals surface area contributed by atoms with E-state index in [4.69, 9.17) is 0 Å². The SMILES string of the molecule is CN=C(NCCc1ccc(F)cc1C)NCc1ccc(N(C)C)cc1. The van der Waals surface area contributed by atoms with Crippen LogP contribution in [0.4, 0.5) is 10.1 Å². The lowest BCUT2D eigenvalue weighted by Crippen LogP contribution is -2.37. The van der Waals surface area contributed by atoms with Crippen LogP contribution in [0, 0.1) is 12.7 Å². The number of nitrogens with one attached hydrogen (secondary N) is 2. The third-order valence-corrected chi connectivity index (χ3v) is 4.13. The first-order valence-electron chi connectivity index (χ1n) is 8.45. The number of halogens is 1. The highest BCUT2D eigenvalue weighted by atomic mass is 19.1. The van der Waals surface area contributed by atoms with E-state index in [1.165, 1.54) is 17.3 Å². The summed E-state index contributed by atoms with van der Waals surface area (Å²) in [4.78, 5) is 6.32. The monoisotopic (exact) mass is 342 g/mol. The molecule has 0 amide bonds. The number of rotatable bonds is 6. The highest BCUT2D eigenvalue weighted by Crippen LogP contribution is 2.12. The fourth-order valence-electron chi connectivity index (χ4n) is 2.57. The number of aryl methyl sites for hydroxylation is 1. The van der Waals surface area contributed by atoms with E-state index in [1.54, 1.807) is 13.1 Å². The molecule has 0 aliphatic carbocycles. The first-order chi connectivity index (χ1) is 12.0. The maximum Gasteiger partial charge on any atom is 0.191 e. The van der Waals surface area contributed by atoms with Crippen LogP contribution >= 0.6 is 0 Å². The highest BCUT2D eigenvalue weighted by molar-refractivity contribution is 5.79. The Morgan fingerprint density at radius 2 is 1.80 bits per heavy atom. The Morgan fingerprint density at radius 1 is 1.08 bits per heavy atom. The predicted molar refractivity (Wildman–Crippen MR) is 104 cm³/mol. The van der Waals surface area contributed by atoms with Gasteiger partial charge in [0.25, 0.3) is 0 Å². The summed E-state index contributed by atoms with van der Waals surface area (Å²) in [5, 5.41) is 6.61. The molecule has 0 saturated heterocycles. The zero-order valence-corrected chi connectivity index (χ0v) is 15.4. The molecule has 4 nitrogen and oxygen atoms in total. The maximum absolute atomic E-state index is 13.1. The summed E-state index contributed by atoms with van der Waals surface area (Å²) < 4.78 is 13.1. The van der Waals surface area contributed by atoms with Crippen molar-refractivity contribution in [2.24, 2.45) is 4.99 Å². The van der Waals surface area contributed by atoms with Gasteiger partial charge in [-0.1, -0.05) is 18.2 Å². The van der Waals surface area contributed by atoms with E-state index in [1.807, 2.05) is 27.1 Å². The second kappa shape index (κ2) is 9.06. The third kappa shape index (κ3) is 5.78. The van der Waals surface area contributed by atoms with E-state index in [0.717, 1.165) is 30.1 Å². The summed E-state index contributed by atoms with van der Waals surface area (Å²) in [6, 6.07) is 13.3. The quantitative estimate of drug-likeness (QED) is 0.626. The molecule has 2 aromatic carbocycles. The Bertz CT molecular complexity index is 708. The van der Waals surface area contributed by atoms with Crippen LogP contribution in [0.5, 0.6) is 0 Å². The number of hydrogen-bond acceptors (Lipinski definition) is 2. The van der Waals surface area contributed by atoms with Gasteiger partial charge >= 0.3 is 0 Å². The van der Waals surface area contributed by atoms with Crippen molar-refractivity contribution in [3.63, 3.8) is 0 Å². The van der Waals surface area contributed by atoms with Crippen molar-refractivity contribution in [3.8, 4) is 0 Å². The molecule has 2 aromatic rings. The molecule has 5 heteroatoms. The zero-order valence-electron chi connectivity index (χ0n) is 15.4. The van der Waals surface area contributed by atoms with Gasteiger partial charge in [0.2, 0.25) is 0 Å². The van der Waals surface area contributed by atoms with Crippen molar-refractivity contribution in [1.29, 1.82) is 0 Å². The van der Waals surface area contributed by atoms with Crippen molar-refractivity contribution < 1.29 is 4.39 Å². The number of anilines is 1. The smallest absolute Gasteiger partial charge is 0.191 e. The van der Waals surface area contributed by atoms with Crippen molar-refractivity contribution in [2.45, 2.75) is 19.9 Å². The first-order valence-corrected chi connectivity index (χ1v) is 8.45. The van der Waals surface area contributed by atoms with Crippen molar-refractivity contribution >= 4 is 11.6 Å². The summed E-state index contributed by atoms with van der Waals surface area (Å²) in [7, 11) is 5.82. The van der Waals surface area contributed by atoms with Crippen LogP contribution in [0.25, 0.3) is 0 Å². The van der Waals surface area contributed by atoms with Gasteiger partial charge in [-0.2, -0.15) is 0 Å². The van der Waals surface area contributed by atoms with Gasteiger partial charge in [0.05, 0.1) is 0 Å². The van der Waals surface area contributed by atoms with Crippen molar-refractivity contribution in [3.05, 3.63) is 65.0 Å².